The van der Waals surface area contributed by atoms with E-state index < -0.39 is 0 Å². The predicted octanol–water partition coefficient (Wildman–Crippen LogP) is 6.54. The molecular weight excluding hydrogens is 298 g/mol. The first-order chi connectivity index (χ1) is 11.7. The molecule has 0 amide bonds. The minimum Gasteiger partial charge on any atom is -0.465 e. The molecule has 0 aromatic carbocycles. The number of nitrogens with zero attached hydrogens (tertiary/aromatic N) is 1. The SMILES string of the molecule is CCCCCCCCCCCCCC(C)n1ccc(C(=O)OC)c1. The molecule has 0 radical (unpaired) electrons. The summed E-state index contributed by atoms with van der Waals surface area (Å²) >= 11 is 0. The van der Waals surface area contributed by atoms with Crippen LogP contribution in [0.4, 0.5) is 0 Å². The van der Waals surface area contributed by atoms with E-state index in [4.69, 9.17) is 4.74 Å². The average Bonchev–Trinajstić information content (AvgIpc) is 3.09. The molecule has 3 heteroatoms. The topological polar surface area (TPSA) is 31.2 Å². The zero-order valence-electron chi connectivity index (χ0n) is 16.1. The first kappa shape index (κ1) is 20.8. The van der Waals surface area contributed by atoms with E-state index >= 15 is 0 Å². The Morgan fingerprint density at radius 1 is 1.00 bits per heavy atom. The van der Waals surface area contributed by atoms with Crippen LogP contribution in [0.1, 0.15) is 107 Å². The van der Waals surface area contributed by atoms with E-state index in [-0.39, 0.29) is 5.97 Å². The Morgan fingerprint density at radius 2 is 1.54 bits per heavy atom. The lowest BCUT2D eigenvalue weighted by atomic mass is 10.0. The van der Waals surface area contributed by atoms with E-state index in [1.807, 2.05) is 18.5 Å². The van der Waals surface area contributed by atoms with Gasteiger partial charge < -0.3 is 9.30 Å². The quantitative estimate of drug-likeness (QED) is 0.285. The Bertz CT molecular complexity index is 439. The monoisotopic (exact) mass is 335 g/mol. The fourth-order valence-electron chi connectivity index (χ4n) is 3.18. The van der Waals surface area contributed by atoms with Crippen molar-refractivity contribution in [2.45, 2.75) is 96.9 Å². The standard InChI is InChI=1S/C21H37NO2/c1-4-5-6-7-8-9-10-11-12-13-14-15-19(2)22-17-16-20(18-22)21(23)24-3/h16-19H,4-15H2,1-3H3. The van der Waals surface area contributed by atoms with Crippen LogP contribution in [0.2, 0.25) is 0 Å². The Hall–Kier alpha value is -1.25. The number of rotatable bonds is 14. The largest absolute Gasteiger partial charge is 0.465 e. The second kappa shape index (κ2) is 13.1. The summed E-state index contributed by atoms with van der Waals surface area (Å²) in [7, 11) is 1.42. The normalized spacial score (nSPS) is 12.3. The van der Waals surface area contributed by atoms with E-state index in [0.717, 1.165) is 0 Å². The Morgan fingerprint density at radius 3 is 2.08 bits per heavy atom. The number of hydrogen-bond acceptors (Lipinski definition) is 2. The highest BCUT2D eigenvalue weighted by molar-refractivity contribution is 5.89. The van der Waals surface area contributed by atoms with Gasteiger partial charge in [-0.25, -0.2) is 4.79 Å². The summed E-state index contributed by atoms with van der Waals surface area (Å²) in [4.78, 5) is 11.5. The highest BCUT2D eigenvalue weighted by atomic mass is 16.5. The molecule has 1 aromatic rings. The number of ether oxygens (including phenoxy) is 1. The number of methoxy groups -OCH3 is 1. The highest BCUT2D eigenvalue weighted by Gasteiger charge is 2.10. The van der Waals surface area contributed by atoms with E-state index in [1.54, 1.807) is 0 Å². The number of esters is 1. The molecule has 0 aliphatic rings. The molecule has 0 N–H and O–H groups in total. The van der Waals surface area contributed by atoms with Crippen molar-refractivity contribution >= 4 is 5.97 Å². The molecule has 0 aliphatic heterocycles. The van der Waals surface area contributed by atoms with Gasteiger partial charge in [-0.15, -0.1) is 0 Å². The van der Waals surface area contributed by atoms with E-state index in [1.165, 1.54) is 84.2 Å². The second-order valence-electron chi connectivity index (χ2n) is 7.01. The molecule has 0 saturated carbocycles. The lowest BCUT2D eigenvalue weighted by Gasteiger charge is -2.13. The van der Waals surface area contributed by atoms with Gasteiger partial charge in [-0.1, -0.05) is 77.6 Å². The summed E-state index contributed by atoms with van der Waals surface area (Å²) in [6.07, 6.45) is 20.2. The van der Waals surface area contributed by atoms with Crippen molar-refractivity contribution in [1.29, 1.82) is 0 Å². The minimum absolute atomic E-state index is 0.254. The van der Waals surface area contributed by atoms with E-state index in [0.29, 0.717) is 11.6 Å². The maximum absolute atomic E-state index is 11.5. The van der Waals surface area contributed by atoms with E-state index in [2.05, 4.69) is 18.4 Å². The van der Waals surface area contributed by atoms with Gasteiger partial charge in [0.1, 0.15) is 0 Å². The predicted molar refractivity (Wildman–Crippen MR) is 102 cm³/mol. The van der Waals surface area contributed by atoms with Crippen LogP contribution in [0, 0.1) is 0 Å². The van der Waals surface area contributed by atoms with Crippen LogP contribution in [0.15, 0.2) is 18.5 Å². The molecule has 1 rings (SSSR count). The molecule has 1 atom stereocenters. The number of hydrogen-bond donors (Lipinski definition) is 0. The summed E-state index contributed by atoms with van der Waals surface area (Å²) in [5, 5.41) is 0. The Kier molecular flexibility index (Phi) is 11.3. The van der Waals surface area contributed by atoms with Gasteiger partial charge in [0.05, 0.1) is 12.7 Å². The van der Waals surface area contributed by atoms with Crippen molar-refractivity contribution in [1.82, 2.24) is 4.57 Å². The summed E-state index contributed by atoms with van der Waals surface area (Å²) in [5.41, 5.74) is 0.642. The molecule has 138 valence electrons. The van der Waals surface area contributed by atoms with Crippen LogP contribution in [0.3, 0.4) is 0 Å². The minimum atomic E-state index is -0.254. The van der Waals surface area contributed by atoms with Gasteiger partial charge in [-0.2, -0.15) is 0 Å². The third-order valence-electron chi connectivity index (χ3n) is 4.87. The van der Waals surface area contributed by atoms with Gasteiger partial charge in [-0.3, -0.25) is 0 Å². The van der Waals surface area contributed by atoms with Crippen molar-refractivity contribution in [2.24, 2.45) is 0 Å². The summed E-state index contributed by atoms with van der Waals surface area (Å²) in [6.45, 7) is 4.49. The van der Waals surface area contributed by atoms with Gasteiger partial charge in [-0.05, 0) is 19.4 Å². The van der Waals surface area contributed by atoms with Crippen LogP contribution in [-0.2, 0) is 4.74 Å². The molecule has 3 nitrogen and oxygen atoms in total. The molecule has 0 spiro atoms. The van der Waals surface area contributed by atoms with Gasteiger partial charge in [0.25, 0.3) is 0 Å². The van der Waals surface area contributed by atoms with Gasteiger partial charge >= 0.3 is 5.97 Å². The zero-order chi connectivity index (χ0) is 17.6. The van der Waals surface area contributed by atoms with Crippen LogP contribution in [0.5, 0.6) is 0 Å². The van der Waals surface area contributed by atoms with Crippen molar-refractivity contribution in [3.05, 3.63) is 24.0 Å². The van der Waals surface area contributed by atoms with Crippen LogP contribution in [-0.4, -0.2) is 17.6 Å². The fraction of sp³-hybridized carbons (Fsp3) is 0.762. The molecule has 1 aromatic heterocycles. The lowest BCUT2D eigenvalue weighted by molar-refractivity contribution is 0.0600. The van der Waals surface area contributed by atoms with Crippen molar-refractivity contribution < 1.29 is 9.53 Å². The molecule has 0 bridgehead atoms. The number of carbonyl (C=O) groups is 1. The van der Waals surface area contributed by atoms with Gasteiger partial charge in [0, 0.05) is 18.4 Å². The van der Waals surface area contributed by atoms with Crippen LogP contribution >= 0.6 is 0 Å². The molecule has 1 unspecified atom stereocenters. The maximum Gasteiger partial charge on any atom is 0.339 e. The van der Waals surface area contributed by atoms with Crippen LogP contribution < -0.4 is 0 Å². The summed E-state index contributed by atoms with van der Waals surface area (Å²) < 4.78 is 6.88. The third kappa shape index (κ3) is 8.56. The molecule has 1 heterocycles. The first-order valence-electron chi connectivity index (χ1n) is 9.94. The molecule has 24 heavy (non-hydrogen) atoms. The third-order valence-corrected chi connectivity index (χ3v) is 4.87. The number of aromatic nitrogens is 1. The summed E-state index contributed by atoms with van der Waals surface area (Å²) in [6, 6.07) is 2.28. The lowest BCUT2D eigenvalue weighted by Crippen LogP contribution is -2.04. The molecule has 0 aliphatic carbocycles. The maximum atomic E-state index is 11.5. The summed E-state index contributed by atoms with van der Waals surface area (Å²) in [5.74, 6) is -0.254. The smallest absolute Gasteiger partial charge is 0.339 e. The Labute approximate surface area is 148 Å². The van der Waals surface area contributed by atoms with Gasteiger partial charge in [0.2, 0.25) is 0 Å². The highest BCUT2D eigenvalue weighted by Crippen LogP contribution is 2.18. The first-order valence-corrected chi connectivity index (χ1v) is 9.94. The molecular formula is C21H37NO2. The average molecular weight is 336 g/mol. The van der Waals surface area contributed by atoms with Crippen molar-refractivity contribution in [2.75, 3.05) is 7.11 Å². The van der Waals surface area contributed by atoms with E-state index in [9.17, 15) is 4.79 Å². The number of carbonyl (C=O) groups excluding carboxylic acids is 1. The van der Waals surface area contributed by atoms with Crippen LogP contribution in [0.25, 0.3) is 0 Å². The van der Waals surface area contributed by atoms with Crippen molar-refractivity contribution in [3.63, 3.8) is 0 Å². The molecule has 0 fully saturated rings. The fourth-order valence-corrected chi connectivity index (χ4v) is 3.18. The van der Waals surface area contributed by atoms with Crippen molar-refractivity contribution in [3.8, 4) is 0 Å². The zero-order valence-corrected chi connectivity index (χ0v) is 16.1. The van der Waals surface area contributed by atoms with Gasteiger partial charge in [0.15, 0.2) is 0 Å². The Balaban J connectivity index is 2.01. The number of unbranched alkanes of at least 4 members (excludes halogenated alkanes) is 10. The molecule has 0 saturated heterocycles. The second-order valence-corrected chi connectivity index (χ2v) is 7.01.